The van der Waals surface area contributed by atoms with Gasteiger partial charge in [0.2, 0.25) is 5.91 Å². The van der Waals surface area contributed by atoms with Crippen LogP contribution in [0.25, 0.3) is 0 Å². The van der Waals surface area contributed by atoms with E-state index >= 15 is 0 Å². The third-order valence-electron chi connectivity index (χ3n) is 4.39. The number of hydrogen-bond acceptors (Lipinski definition) is 4. The standard InChI is InChI=1S/C16H22N2O4S/c1-3-11-10(2)8-12(23-11)14(20)18-17-13(19)9-16(15(21)22)6-4-5-7-16/h8H,3-7,9H2,1-2H3,(H,17,19)(H,18,20)(H,21,22). The summed E-state index contributed by atoms with van der Waals surface area (Å²) in [5, 5.41) is 9.36. The number of amides is 2. The summed E-state index contributed by atoms with van der Waals surface area (Å²) in [6.07, 6.45) is 3.41. The van der Waals surface area contributed by atoms with Gasteiger partial charge in [-0.15, -0.1) is 11.3 Å². The lowest BCUT2D eigenvalue weighted by Gasteiger charge is -2.22. The summed E-state index contributed by atoms with van der Waals surface area (Å²) in [6, 6.07) is 1.79. The molecule has 0 aromatic carbocycles. The molecule has 0 bridgehead atoms. The fourth-order valence-electron chi connectivity index (χ4n) is 3.04. The minimum Gasteiger partial charge on any atom is -0.481 e. The van der Waals surface area contributed by atoms with Crippen molar-refractivity contribution in [2.75, 3.05) is 0 Å². The number of hydrogen-bond donors (Lipinski definition) is 3. The largest absolute Gasteiger partial charge is 0.481 e. The molecule has 1 fully saturated rings. The highest BCUT2D eigenvalue weighted by atomic mass is 32.1. The topological polar surface area (TPSA) is 95.5 Å². The second-order valence-electron chi connectivity index (χ2n) is 6.04. The van der Waals surface area contributed by atoms with Crippen molar-refractivity contribution in [2.45, 2.75) is 52.4 Å². The molecule has 7 heteroatoms. The van der Waals surface area contributed by atoms with Crippen LogP contribution in [-0.2, 0) is 16.0 Å². The van der Waals surface area contributed by atoms with Gasteiger partial charge in [-0.25, -0.2) is 0 Å². The number of carboxylic acid groups (broad SMARTS) is 1. The molecule has 1 saturated carbocycles. The molecular formula is C16H22N2O4S. The van der Waals surface area contributed by atoms with Crippen molar-refractivity contribution in [3.05, 3.63) is 21.4 Å². The van der Waals surface area contributed by atoms with Crippen LogP contribution in [-0.4, -0.2) is 22.9 Å². The van der Waals surface area contributed by atoms with E-state index in [1.54, 1.807) is 6.07 Å². The number of carboxylic acids is 1. The second-order valence-corrected chi connectivity index (χ2v) is 7.18. The minimum atomic E-state index is -0.982. The fourth-order valence-corrected chi connectivity index (χ4v) is 4.05. The maximum Gasteiger partial charge on any atom is 0.310 e. The van der Waals surface area contributed by atoms with Crippen LogP contribution in [0.1, 0.15) is 59.1 Å². The Hall–Kier alpha value is -1.89. The minimum absolute atomic E-state index is 0.105. The van der Waals surface area contributed by atoms with E-state index in [2.05, 4.69) is 10.9 Å². The molecule has 1 aliphatic rings. The smallest absolute Gasteiger partial charge is 0.310 e. The Labute approximate surface area is 139 Å². The lowest BCUT2D eigenvalue weighted by atomic mass is 9.82. The third kappa shape index (κ3) is 3.90. The lowest BCUT2D eigenvalue weighted by molar-refractivity contribution is -0.151. The molecule has 3 N–H and O–H groups in total. The highest BCUT2D eigenvalue weighted by Gasteiger charge is 2.43. The number of hydrazine groups is 1. The number of rotatable bonds is 5. The molecule has 0 unspecified atom stereocenters. The van der Waals surface area contributed by atoms with Gasteiger partial charge >= 0.3 is 5.97 Å². The van der Waals surface area contributed by atoms with E-state index in [4.69, 9.17) is 0 Å². The second kappa shape index (κ2) is 7.12. The first-order valence-electron chi connectivity index (χ1n) is 7.80. The Kier molecular flexibility index (Phi) is 5.41. The predicted octanol–water partition coefficient (Wildman–Crippen LogP) is 2.42. The Morgan fingerprint density at radius 2 is 1.91 bits per heavy atom. The zero-order chi connectivity index (χ0) is 17.0. The average molecular weight is 338 g/mol. The number of thiophene rings is 1. The monoisotopic (exact) mass is 338 g/mol. The number of carbonyl (C=O) groups excluding carboxylic acids is 2. The van der Waals surface area contributed by atoms with Crippen molar-refractivity contribution >= 4 is 29.1 Å². The number of aryl methyl sites for hydroxylation is 2. The van der Waals surface area contributed by atoms with Gasteiger partial charge in [-0.3, -0.25) is 25.2 Å². The van der Waals surface area contributed by atoms with Crippen LogP contribution in [0.2, 0.25) is 0 Å². The van der Waals surface area contributed by atoms with Gasteiger partial charge in [0.15, 0.2) is 0 Å². The van der Waals surface area contributed by atoms with Gasteiger partial charge < -0.3 is 5.11 Å². The van der Waals surface area contributed by atoms with E-state index in [0.29, 0.717) is 17.7 Å². The number of aliphatic carboxylic acids is 1. The van der Waals surface area contributed by atoms with Crippen molar-refractivity contribution in [3.8, 4) is 0 Å². The van der Waals surface area contributed by atoms with Crippen molar-refractivity contribution < 1.29 is 19.5 Å². The third-order valence-corrected chi connectivity index (χ3v) is 5.77. The molecule has 23 heavy (non-hydrogen) atoms. The summed E-state index contributed by atoms with van der Waals surface area (Å²) in [4.78, 5) is 37.1. The lowest BCUT2D eigenvalue weighted by Crippen LogP contribution is -2.44. The van der Waals surface area contributed by atoms with Gasteiger partial charge in [-0.1, -0.05) is 19.8 Å². The van der Waals surface area contributed by atoms with Gasteiger partial charge in [0.05, 0.1) is 10.3 Å². The molecular weight excluding hydrogens is 316 g/mol. The first-order valence-corrected chi connectivity index (χ1v) is 8.61. The molecule has 0 spiro atoms. The SMILES string of the molecule is CCc1sc(C(=O)NNC(=O)CC2(C(=O)O)CCCC2)cc1C. The summed E-state index contributed by atoms with van der Waals surface area (Å²) in [6.45, 7) is 3.97. The van der Waals surface area contributed by atoms with Gasteiger partial charge in [0.1, 0.15) is 0 Å². The highest BCUT2D eigenvalue weighted by molar-refractivity contribution is 7.14. The maximum absolute atomic E-state index is 12.0. The van der Waals surface area contributed by atoms with Gasteiger partial charge in [-0.05, 0) is 37.8 Å². The number of carbonyl (C=O) groups is 3. The Morgan fingerprint density at radius 1 is 1.26 bits per heavy atom. The summed E-state index contributed by atoms with van der Waals surface area (Å²) in [5.74, 6) is -1.77. The molecule has 2 amide bonds. The molecule has 1 heterocycles. The van der Waals surface area contributed by atoms with E-state index < -0.39 is 17.3 Å². The predicted molar refractivity (Wildman–Crippen MR) is 87.2 cm³/mol. The molecule has 6 nitrogen and oxygen atoms in total. The Morgan fingerprint density at radius 3 is 2.43 bits per heavy atom. The van der Waals surface area contributed by atoms with E-state index in [1.165, 1.54) is 11.3 Å². The maximum atomic E-state index is 12.0. The molecule has 1 aromatic heterocycles. The van der Waals surface area contributed by atoms with Crippen LogP contribution in [0, 0.1) is 12.3 Å². The first-order chi connectivity index (χ1) is 10.9. The Balaban J connectivity index is 1.90. The molecule has 0 saturated heterocycles. The van der Waals surface area contributed by atoms with E-state index in [1.807, 2.05) is 13.8 Å². The van der Waals surface area contributed by atoms with Crippen LogP contribution in [0.15, 0.2) is 6.07 Å². The highest BCUT2D eigenvalue weighted by Crippen LogP contribution is 2.41. The fraction of sp³-hybridized carbons (Fsp3) is 0.562. The summed E-state index contributed by atoms with van der Waals surface area (Å²) >= 11 is 1.40. The molecule has 126 valence electrons. The summed E-state index contributed by atoms with van der Waals surface area (Å²) < 4.78 is 0. The molecule has 1 aliphatic carbocycles. The van der Waals surface area contributed by atoms with Crippen molar-refractivity contribution in [1.82, 2.24) is 10.9 Å². The van der Waals surface area contributed by atoms with Crippen LogP contribution < -0.4 is 10.9 Å². The summed E-state index contributed by atoms with van der Waals surface area (Å²) in [5.41, 5.74) is 4.79. The quantitative estimate of drug-likeness (QED) is 0.719. The zero-order valence-electron chi connectivity index (χ0n) is 13.4. The van der Waals surface area contributed by atoms with Gasteiger partial charge in [0.25, 0.3) is 5.91 Å². The number of nitrogens with one attached hydrogen (secondary N) is 2. The molecule has 2 rings (SSSR count). The molecule has 0 radical (unpaired) electrons. The first kappa shape index (κ1) is 17.5. The van der Waals surface area contributed by atoms with E-state index in [-0.39, 0.29) is 12.3 Å². The van der Waals surface area contributed by atoms with Crippen LogP contribution in [0.3, 0.4) is 0 Å². The molecule has 0 atom stereocenters. The van der Waals surface area contributed by atoms with E-state index in [0.717, 1.165) is 29.7 Å². The normalized spacial score (nSPS) is 16.1. The van der Waals surface area contributed by atoms with Crippen LogP contribution in [0.5, 0.6) is 0 Å². The van der Waals surface area contributed by atoms with Crippen LogP contribution >= 0.6 is 11.3 Å². The molecule has 1 aromatic rings. The van der Waals surface area contributed by atoms with Crippen molar-refractivity contribution in [2.24, 2.45) is 5.41 Å². The zero-order valence-corrected chi connectivity index (χ0v) is 14.2. The summed E-state index contributed by atoms with van der Waals surface area (Å²) in [7, 11) is 0. The van der Waals surface area contributed by atoms with Crippen molar-refractivity contribution in [3.63, 3.8) is 0 Å². The van der Waals surface area contributed by atoms with Crippen LogP contribution in [0.4, 0.5) is 0 Å². The average Bonchev–Trinajstić information content (AvgIpc) is 3.12. The van der Waals surface area contributed by atoms with Gasteiger partial charge in [0, 0.05) is 11.3 Å². The van der Waals surface area contributed by atoms with Crippen molar-refractivity contribution in [1.29, 1.82) is 0 Å². The van der Waals surface area contributed by atoms with Gasteiger partial charge in [-0.2, -0.15) is 0 Å². The molecule has 0 aliphatic heterocycles. The Bertz CT molecular complexity index is 618. The van der Waals surface area contributed by atoms with E-state index in [9.17, 15) is 19.5 Å².